The predicted octanol–water partition coefficient (Wildman–Crippen LogP) is 22.4. The molecule has 0 heterocycles. The minimum absolute atomic E-state index is 0.00154. The lowest BCUT2D eigenvalue weighted by Gasteiger charge is -2.19. The lowest BCUT2D eigenvalue weighted by Crippen LogP contribution is -2.18. The maximum atomic E-state index is 13.1. The monoisotopic (exact) mass is 1310 g/mol. The molecule has 0 radical (unpaired) electrons. The molecule has 0 amide bonds. The van der Waals surface area contributed by atoms with E-state index >= 15 is 0 Å². The highest BCUT2D eigenvalue weighted by Crippen LogP contribution is 2.24. The Balaban J connectivity index is 4.58. The van der Waals surface area contributed by atoms with Crippen LogP contribution in [0.15, 0.2) is 0 Å². The van der Waals surface area contributed by atoms with Gasteiger partial charge in [0, 0.05) is 52.1 Å². The van der Waals surface area contributed by atoms with E-state index in [1.54, 1.807) is 0 Å². The largest absolute Gasteiger partial charge is 0.462 e. The Morgan fingerprint density at radius 1 is 0.196 bits per heavy atom. The third-order valence-corrected chi connectivity index (χ3v) is 19.0. The molecular formula is C80H154O12. The van der Waals surface area contributed by atoms with Gasteiger partial charge in [0.1, 0.15) is 24.4 Å². The molecule has 4 unspecified atom stereocenters. The summed E-state index contributed by atoms with van der Waals surface area (Å²) in [5, 5.41) is 36.6. The average Bonchev–Trinajstić information content (AvgIpc) is 3.77. The number of esters is 4. The summed E-state index contributed by atoms with van der Waals surface area (Å²) < 4.78 is 24.3. The van der Waals surface area contributed by atoms with Crippen molar-refractivity contribution in [2.45, 2.75) is 462 Å². The summed E-state index contributed by atoms with van der Waals surface area (Å²) in [4.78, 5) is 51.9. The van der Waals surface area contributed by atoms with E-state index in [4.69, 9.17) is 29.2 Å². The third kappa shape index (κ3) is 67.7. The predicted molar refractivity (Wildman–Crippen MR) is 384 cm³/mol. The van der Waals surface area contributed by atoms with Crippen molar-refractivity contribution in [2.75, 3.05) is 26.4 Å². The van der Waals surface area contributed by atoms with Gasteiger partial charge in [-0.2, -0.15) is 0 Å². The zero-order valence-corrected chi connectivity index (χ0v) is 60.9. The first-order valence-corrected chi connectivity index (χ1v) is 40.4. The van der Waals surface area contributed by atoms with Crippen LogP contribution in [0.1, 0.15) is 438 Å². The lowest BCUT2D eigenvalue weighted by molar-refractivity contribution is -0.151. The van der Waals surface area contributed by atoms with Gasteiger partial charge in [-0.25, -0.2) is 0 Å². The second kappa shape index (κ2) is 74.5. The molecule has 0 aromatic rings. The molecule has 0 aromatic heterocycles. The first kappa shape index (κ1) is 89.7. The summed E-state index contributed by atoms with van der Waals surface area (Å²) in [6.07, 6.45) is 68.9. The maximum Gasteiger partial charge on any atom is 0.306 e. The van der Waals surface area contributed by atoms with Gasteiger partial charge >= 0.3 is 23.9 Å². The second-order valence-corrected chi connectivity index (χ2v) is 28.0. The number of aliphatic hydroxyl groups is 4. The number of unbranched alkanes of at least 4 members (excludes halogenated alkanes) is 45. The molecular weight excluding hydrogens is 1150 g/mol. The standard InChI is InChI=1S/C80H154O12/c1-3-5-7-9-10-11-12-13-14-15-18-30-49-65-78(86)91-75(63-47-35-39-55-71-83)60-44-28-20-23-31-50-66-77(85)89-73(57-41-8-6-4-2)58-43-27-19-22-32-51-68-80(88)92-76(64-48-36-40-56-72-84)61-45-29-21-24-33-52-67-79(87)90-74(62-46-34-38-54-70-82)59-42-26-17-16-25-37-53-69-81/h73-76,81-84H,3-72H2,1-2H3. The Labute approximate surface area is 568 Å². The molecule has 0 rings (SSSR count). The molecule has 0 aliphatic rings. The van der Waals surface area contributed by atoms with Crippen molar-refractivity contribution in [3.05, 3.63) is 0 Å². The van der Waals surface area contributed by atoms with E-state index < -0.39 is 0 Å². The van der Waals surface area contributed by atoms with Gasteiger partial charge in [-0.15, -0.1) is 0 Å². The molecule has 0 spiro atoms. The van der Waals surface area contributed by atoms with Crippen LogP contribution in [0.2, 0.25) is 0 Å². The minimum Gasteiger partial charge on any atom is -0.462 e. The number of hydrogen-bond acceptors (Lipinski definition) is 12. The zero-order chi connectivity index (χ0) is 66.9. The molecule has 0 saturated carbocycles. The normalized spacial score (nSPS) is 12.9. The van der Waals surface area contributed by atoms with Crippen LogP contribution in [0.3, 0.4) is 0 Å². The Hall–Kier alpha value is -2.28. The molecule has 0 aromatic carbocycles. The molecule has 0 bridgehead atoms. The smallest absolute Gasteiger partial charge is 0.306 e. The van der Waals surface area contributed by atoms with Gasteiger partial charge < -0.3 is 39.4 Å². The van der Waals surface area contributed by atoms with Crippen molar-refractivity contribution in [1.82, 2.24) is 0 Å². The van der Waals surface area contributed by atoms with Crippen LogP contribution >= 0.6 is 0 Å². The first-order valence-electron chi connectivity index (χ1n) is 40.4. The van der Waals surface area contributed by atoms with E-state index in [1.807, 2.05) is 0 Å². The second-order valence-electron chi connectivity index (χ2n) is 28.0. The van der Waals surface area contributed by atoms with E-state index in [0.717, 1.165) is 289 Å². The fourth-order valence-electron chi connectivity index (χ4n) is 13.0. The van der Waals surface area contributed by atoms with Crippen LogP contribution in [0.4, 0.5) is 0 Å². The quantitative estimate of drug-likeness (QED) is 0.0257. The minimum atomic E-state index is -0.0771. The number of carbonyl (C=O) groups excluding carboxylic acids is 4. The van der Waals surface area contributed by atoms with Crippen LogP contribution in [0.25, 0.3) is 0 Å². The maximum absolute atomic E-state index is 13.1. The summed E-state index contributed by atoms with van der Waals surface area (Å²) in [5.41, 5.74) is 0. The zero-order valence-electron chi connectivity index (χ0n) is 60.9. The van der Waals surface area contributed by atoms with E-state index in [-0.39, 0.29) is 74.7 Å². The fourth-order valence-corrected chi connectivity index (χ4v) is 13.0. The van der Waals surface area contributed by atoms with E-state index in [2.05, 4.69) is 13.8 Å². The van der Waals surface area contributed by atoms with E-state index in [9.17, 15) is 29.4 Å². The SMILES string of the molecule is CCCCCCCCCCCCCCCC(=O)OC(CCCCCCO)CCCCCCCCC(=O)OC(CCCCCC)CCCCCCCCC(=O)OC(CCCCCCO)CCCCCCCCC(=O)OC(CCCCCCO)CCCCCCCCCO. The van der Waals surface area contributed by atoms with E-state index in [1.165, 1.54) is 109 Å². The van der Waals surface area contributed by atoms with Gasteiger partial charge in [-0.05, 0) is 154 Å². The molecule has 92 heavy (non-hydrogen) atoms. The van der Waals surface area contributed by atoms with Crippen molar-refractivity contribution in [2.24, 2.45) is 0 Å². The number of rotatable bonds is 77. The highest BCUT2D eigenvalue weighted by Gasteiger charge is 2.19. The molecule has 12 nitrogen and oxygen atoms in total. The highest BCUT2D eigenvalue weighted by molar-refractivity contribution is 5.70. The van der Waals surface area contributed by atoms with Crippen LogP contribution in [0, 0.1) is 0 Å². The number of aliphatic hydroxyl groups excluding tert-OH is 4. The van der Waals surface area contributed by atoms with Crippen molar-refractivity contribution in [3.8, 4) is 0 Å². The molecule has 4 atom stereocenters. The van der Waals surface area contributed by atoms with Crippen LogP contribution in [-0.2, 0) is 38.1 Å². The van der Waals surface area contributed by atoms with Gasteiger partial charge in [0.25, 0.3) is 0 Å². The lowest BCUT2D eigenvalue weighted by atomic mass is 10.0. The van der Waals surface area contributed by atoms with Gasteiger partial charge in [-0.3, -0.25) is 19.2 Å². The van der Waals surface area contributed by atoms with Gasteiger partial charge in [0.2, 0.25) is 0 Å². The Morgan fingerprint density at radius 2 is 0.326 bits per heavy atom. The number of hydrogen-bond donors (Lipinski definition) is 4. The van der Waals surface area contributed by atoms with Gasteiger partial charge in [0.05, 0.1) is 0 Å². The number of ether oxygens (including phenoxy) is 4. The van der Waals surface area contributed by atoms with Crippen molar-refractivity contribution < 1.29 is 58.6 Å². The Kier molecular flexibility index (Phi) is 72.7. The van der Waals surface area contributed by atoms with Gasteiger partial charge in [0.15, 0.2) is 0 Å². The summed E-state index contributed by atoms with van der Waals surface area (Å²) >= 11 is 0. The van der Waals surface area contributed by atoms with Crippen LogP contribution in [-0.4, -0.2) is 95.1 Å². The Morgan fingerprint density at radius 3 is 0.489 bits per heavy atom. The molecule has 12 heteroatoms. The molecule has 0 aliphatic carbocycles. The van der Waals surface area contributed by atoms with Crippen molar-refractivity contribution in [3.63, 3.8) is 0 Å². The number of carbonyl (C=O) groups is 4. The first-order chi connectivity index (χ1) is 45.2. The molecule has 546 valence electrons. The molecule has 4 N–H and O–H groups in total. The van der Waals surface area contributed by atoms with Gasteiger partial charge in [-0.1, -0.05) is 258 Å². The summed E-state index contributed by atoms with van der Waals surface area (Å²) in [6.45, 7) is 5.48. The molecule has 0 aliphatic heterocycles. The van der Waals surface area contributed by atoms with Crippen LogP contribution in [0.5, 0.6) is 0 Å². The highest BCUT2D eigenvalue weighted by atomic mass is 16.6. The summed E-state index contributed by atoms with van der Waals surface area (Å²) in [6, 6.07) is 0. The summed E-state index contributed by atoms with van der Waals surface area (Å²) in [7, 11) is 0. The third-order valence-electron chi connectivity index (χ3n) is 19.0. The average molecular weight is 1310 g/mol. The van der Waals surface area contributed by atoms with Crippen molar-refractivity contribution in [1.29, 1.82) is 0 Å². The summed E-state index contributed by atoms with van der Waals surface area (Å²) in [5.74, 6) is -0.221. The van der Waals surface area contributed by atoms with Crippen molar-refractivity contribution >= 4 is 23.9 Å². The molecule has 0 fully saturated rings. The fraction of sp³-hybridized carbons (Fsp3) is 0.950. The van der Waals surface area contributed by atoms with E-state index in [0.29, 0.717) is 25.7 Å². The Bertz CT molecular complexity index is 1530. The topological polar surface area (TPSA) is 186 Å². The van der Waals surface area contributed by atoms with Crippen LogP contribution < -0.4 is 0 Å². The molecule has 0 saturated heterocycles.